The number of nitrogens with zero attached hydrogens (tertiary/aromatic N) is 2. The lowest BCUT2D eigenvalue weighted by molar-refractivity contribution is -0.132. The molecule has 1 amide bonds. The zero-order valence-corrected chi connectivity index (χ0v) is 19.9. The summed E-state index contributed by atoms with van der Waals surface area (Å²) in [6.07, 6.45) is 0.983. The van der Waals surface area contributed by atoms with Crippen LogP contribution in [0.15, 0.2) is 29.2 Å². The molecule has 172 valence electrons. The first-order chi connectivity index (χ1) is 15.2. The van der Waals surface area contributed by atoms with Crippen molar-refractivity contribution in [2.24, 2.45) is 0 Å². The SMILES string of the molecule is Cc1cc(C)c(C)c(S(=O)(=O)N2CCN(C(=O)CCc3ccc4c(c3)OCO4)CC2)c1C. The number of rotatable bonds is 5. The van der Waals surface area contributed by atoms with E-state index in [-0.39, 0.29) is 12.7 Å². The summed E-state index contributed by atoms with van der Waals surface area (Å²) in [7, 11) is -3.61. The number of hydrogen-bond acceptors (Lipinski definition) is 5. The first kappa shape index (κ1) is 22.6. The molecule has 0 saturated carbocycles. The van der Waals surface area contributed by atoms with E-state index in [0.717, 1.165) is 33.6 Å². The van der Waals surface area contributed by atoms with E-state index < -0.39 is 10.0 Å². The largest absolute Gasteiger partial charge is 0.454 e. The number of sulfonamides is 1. The Morgan fingerprint density at radius 3 is 2.19 bits per heavy atom. The van der Waals surface area contributed by atoms with Crippen molar-refractivity contribution in [3.8, 4) is 11.5 Å². The number of benzene rings is 2. The summed E-state index contributed by atoms with van der Waals surface area (Å²) in [6.45, 7) is 9.27. The molecular formula is C24H30N2O5S. The lowest BCUT2D eigenvalue weighted by Crippen LogP contribution is -2.50. The summed E-state index contributed by atoms with van der Waals surface area (Å²) in [4.78, 5) is 14.9. The molecule has 0 unspecified atom stereocenters. The van der Waals surface area contributed by atoms with Crippen LogP contribution >= 0.6 is 0 Å². The molecule has 0 N–H and O–H groups in total. The van der Waals surface area contributed by atoms with Crippen molar-refractivity contribution in [1.29, 1.82) is 0 Å². The maximum atomic E-state index is 13.4. The number of piperazine rings is 1. The highest BCUT2D eigenvalue weighted by Crippen LogP contribution is 2.33. The minimum Gasteiger partial charge on any atom is -0.454 e. The molecule has 0 spiro atoms. The van der Waals surface area contributed by atoms with Crippen molar-refractivity contribution in [1.82, 2.24) is 9.21 Å². The lowest BCUT2D eigenvalue weighted by atomic mass is 10.0. The molecule has 2 aliphatic rings. The lowest BCUT2D eigenvalue weighted by Gasteiger charge is -2.35. The fourth-order valence-electron chi connectivity index (χ4n) is 4.38. The summed E-state index contributed by atoms with van der Waals surface area (Å²) in [6, 6.07) is 7.75. The molecule has 0 aromatic heterocycles. The number of ether oxygens (including phenoxy) is 2. The standard InChI is InChI=1S/C24H30N2O5S/c1-16-13-17(2)19(4)24(18(16)3)32(28,29)26-11-9-25(10-12-26)23(27)8-6-20-5-7-21-22(14-20)31-15-30-21/h5,7,13-14H,6,8-12,15H2,1-4H3. The second kappa shape index (κ2) is 8.75. The van der Waals surface area contributed by atoms with Gasteiger partial charge in [0.15, 0.2) is 11.5 Å². The molecule has 0 atom stereocenters. The molecule has 32 heavy (non-hydrogen) atoms. The smallest absolute Gasteiger partial charge is 0.243 e. The number of carbonyl (C=O) groups excluding carboxylic acids is 1. The fourth-order valence-corrected chi connectivity index (χ4v) is 6.38. The quantitative estimate of drug-likeness (QED) is 0.688. The van der Waals surface area contributed by atoms with E-state index in [1.54, 1.807) is 4.90 Å². The number of carbonyl (C=O) groups is 1. The van der Waals surface area contributed by atoms with E-state index in [1.807, 2.05) is 52.0 Å². The molecule has 2 aromatic carbocycles. The molecule has 0 bridgehead atoms. The van der Waals surface area contributed by atoms with Crippen LogP contribution in [0.3, 0.4) is 0 Å². The van der Waals surface area contributed by atoms with Gasteiger partial charge in [0, 0.05) is 32.6 Å². The zero-order chi connectivity index (χ0) is 23.0. The Hall–Kier alpha value is -2.58. The van der Waals surface area contributed by atoms with Gasteiger partial charge in [0.2, 0.25) is 22.7 Å². The monoisotopic (exact) mass is 458 g/mol. The first-order valence-corrected chi connectivity index (χ1v) is 12.4. The molecule has 1 saturated heterocycles. The van der Waals surface area contributed by atoms with Crippen molar-refractivity contribution in [3.05, 3.63) is 52.1 Å². The van der Waals surface area contributed by atoms with E-state index in [2.05, 4.69) is 0 Å². The van der Waals surface area contributed by atoms with Gasteiger partial charge in [0.1, 0.15) is 0 Å². The van der Waals surface area contributed by atoms with Crippen molar-refractivity contribution in [2.45, 2.75) is 45.4 Å². The van der Waals surface area contributed by atoms with E-state index in [4.69, 9.17) is 9.47 Å². The second-order valence-electron chi connectivity index (χ2n) is 8.56. The molecular weight excluding hydrogens is 428 g/mol. The van der Waals surface area contributed by atoms with E-state index in [1.165, 1.54) is 4.31 Å². The Morgan fingerprint density at radius 1 is 0.906 bits per heavy atom. The molecule has 4 rings (SSSR count). The number of fused-ring (bicyclic) bond motifs is 1. The summed E-state index contributed by atoms with van der Waals surface area (Å²) < 4.78 is 39.1. The highest BCUT2D eigenvalue weighted by Gasteiger charge is 2.32. The number of hydrogen-bond donors (Lipinski definition) is 0. The van der Waals surface area contributed by atoms with Crippen LogP contribution in [0.4, 0.5) is 0 Å². The third kappa shape index (κ3) is 4.21. The minimum absolute atomic E-state index is 0.0403. The molecule has 1 fully saturated rings. The normalized spacial score (nSPS) is 16.4. The minimum atomic E-state index is -3.61. The van der Waals surface area contributed by atoms with Crippen LogP contribution in [0.5, 0.6) is 11.5 Å². The average molecular weight is 459 g/mol. The Balaban J connectivity index is 1.38. The molecule has 2 heterocycles. The van der Waals surface area contributed by atoms with Gasteiger partial charge in [-0.2, -0.15) is 4.31 Å². The van der Waals surface area contributed by atoms with Crippen molar-refractivity contribution in [2.75, 3.05) is 33.0 Å². The van der Waals surface area contributed by atoms with Gasteiger partial charge in [-0.1, -0.05) is 12.1 Å². The Kier molecular flexibility index (Phi) is 6.18. The number of amides is 1. The van der Waals surface area contributed by atoms with E-state index in [9.17, 15) is 13.2 Å². The van der Waals surface area contributed by atoms with Crippen LogP contribution in [-0.4, -0.2) is 56.5 Å². The van der Waals surface area contributed by atoms with Gasteiger partial charge in [-0.15, -0.1) is 0 Å². The molecule has 0 aliphatic carbocycles. The van der Waals surface area contributed by atoms with Crippen LogP contribution in [-0.2, 0) is 21.2 Å². The van der Waals surface area contributed by atoms with Crippen molar-refractivity contribution >= 4 is 15.9 Å². The van der Waals surface area contributed by atoms with Gasteiger partial charge < -0.3 is 14.4 Å². The van der Waals surface area contributed by atoms with Crippen LogP contribution in [0.25, 0.3) is 0 Å². The fraction of sp³-hybridized carbons (Fsp3) is 0.458. The predicted octanol–water partition coefficient (Wildman–Crippen LogP) is 3.11. The predicted molar refractivity (Wildman–Crippen MR) is 122 cm³/mol. The van der Waals surface area contributed by atoms with Gasteiger partial charge in [-0.25, -0.2) is 8.42 Å². The van der Waals surface area contributed by atoms with Crippen molar-refractivity contribution < 1.29 is 22.7 Å². The van der Waals surface area contributed by atoms with Crippen LogP contribution in [0.1, 0.15) is 34.2 Å². The Labute approximate surface area is 190 Å². The maximum absolute atomic E-state index is 13.4. The topological polar surface area (TPSA) is 76.2 Å². The summed E-state index contributed by atoms with van der Waals surface area (Å²) in [5.74, 6) is 1.48. The highest BCUT2D eigenvalue weighted by molar-refractivity contribution is 7.89. The molecule has 8 heteroatoms. The van der Waals surface area contributed by atoms with Crippen LogP contribution in [0, 0.1) is 27.7 Å². The van der Waals surface area contributed by atoms with Gasteiger partial charge >= 0.3 is 0 Å². The third-order valence-corrected chi connectivity index (χ3v) is 8.72. The Morgan fingerprint density at radius 2 is 1.53 bits per heavy atom. The second-order valence-corrected chi connectivity index (χ2v) is 10.4. The Bertz CT molecular complexity index is 1130. The maximum Gasteiger partial charge on any atom is 0.243 e. The molecule has 2 aromatic rings. The van der Waals surface area contributed by atoms with Gasteiger partial charge in [0.05, 0.1) is 4.90 Å². The highest BCUT2D eigenvalue weighted by atomic mass is 32.2. The molecule has 7 nitrogen and oxygen atoms in total. The molecule has 0 radical (unpaired) electrons. The average Bonchev–Trinajstić information content (AvgIpc) is 3.24. The van der Waals surface area contributed by atoms with Gasteiger partial charge in [-0.05, 0) is 74.1 Å². The van der Waals surface area contributed by atoms with Crippen molar-refractivity contribution in [3.63, 3.8) is 0 Å². The third-order valence-electron chi connectivity index (χ3n) is 6.55. The summed E-state index contributed by atoms with van der Waals surface area (Å²) in [5.41, 5.74) is 4.57. The summed E-state index contributed by atoms with van der Waals surface area (Å²) >= 11 is 0. The van der Waals surface area contributed by atoms with Gasteiger partial charge in [0.25, 0.3) is 0 Å². The first-order valence-electron chi connectivity index (χ1n) is 10.9. The van der Waals surface area contributed by atoms with E-state index >= 15 is 0 Å². The number of aryl methyl sites for hydroxylation is 3. The zero-order valence-electron chi connectivity index (χ0n) is 19.1. The summed E-state index contributed by atoms with van der Waals surface area (Å²) in [5, 5.41) is 0. The van der Waals surface area contributed by atoms with Crippen LogP contribution in [0.2, 0.25) is 0 Å². The van der Waals surface area contributed by atoms with E-state index in [0.29, 0.717) is 49.7 Å². The van der Waals surface area contributed by atoms with Gasteiger partial charge in [-0.3, -0.25) is 4.79 Å². The van der Waals surface area contributed by atoms with Crippen LogP contribution < -0.4 is 9.47 Å². The molecule has 2 aliphatic heterocycles.